The van der Waals surface area contributed by atoms with Crippen molar-refractivity contribution in [1.82, 2.24) is 4.98 Å². The Morgan fingerprint density at radius 2 is 2.08 bits per heavy atom. The van der Waals surface area contributed by atoms with Crippen molar-refractivity contribution in [3.63, 3.8) is 0 Å². The Kier molecular flexibility index (Phi) is 2.08. The Balaban J connectivity index is 2.39. The van der Waals surface area contributed by atoms with Crippen LogP contribution in [0.1, 0.15) is 40.9 Å². The number of carbonyl (C=O) groups is 1. The molecule has 13 heavy (non-hydrogen) atoms. The van der Waals surface area contributed by atoms with Crippen molar-refractivity contribution in [2.45, 2.75) is 32.1 Å². The molecule has 2 rings (SSSR count). The van der Waals surface area contributed by atoms with Crippen LogP contribution >= 0.6 is 0 Å². The largest absolute Gasteiger partial charge is 0.477 e. The average molecular weight is 179 g/mol. The van der Waals surface area contributed by atoms with E-state index in [0.29, 0.717) is 5.69 Å². The number of hydrogen-bond donors (Lipinski definition) is 2. The zero-order valence-corrected chi connectivity index (χ0v) is 7.47. The molecule has 0 saturated heterocycles. The maximum atomic E-state index is 10.8. The number of fused-ring (bicyclic) bond motifs is 1. The first kappa shape index (κ1) is 8.35. The van der Waals surface area contributed by atoms with E-state index in [1.807, 2.05) is 6.20 Å². The highest BCUT2D eigenvalue weighted by molar-refractivity contribution is 5.87. The summed E-state index contributed by atoms with van der Waals surface area (Å²) in [7, 11) is 0. The van der Waals surface area contributed by atoms with E-state index in [1.54, 1.807) is 0 Å². The van der Waals surface area contributed by atoms with E-state index in [1.165, 1.54) is 18.4 Å². The predicted molar refractivity (Wildman–Crippen MR) is 49.0 cm³/mol. The second-order valence-electron chi connectivity index (χ2n) is 3.53. The highest BCUT2D eigenvalue weighted by Crippen LogP contribution is 2.23. The number of aromatic amines is 1. The van der Waals surface area contributed by atoms with Gasteiger partial charge in [-0.3, -0.25) is 0 Å². The number of hydrogen-bond acceptors (Lipinski definition) is 1. The van der Waals surface area contributed by atoms with Gasteiger partial charge >= 0.3 is 5.97 Å². The summed E-state index contributed by atoms with van der Waals surface area (Å²) < 4.78 is 0. The molecule has 1 aliphatic carbocycles. The molecule has 3 heteroatoms. The van der Waals surface area contributed by atoms with Gasteiger partial charge in [0.25, 0.3) is 0 Å². The molecule has 0 amide bonds. The van der Waals surface area contributed by atoms with Crippen LogP contribution in [-0.4, -0.2) is 16.1 Å². The van der Waals surface area contributed by atoms with E-state index in [9.17, 15) is 4.79 Å². The van der Waals surface area contributed by atoms with Crippen LogP contribution in [0.25, 0.3) is 0 Å². The topological polar surface area (TPSA) is 53.1 Å². The summed E-state index contributed by atoms with van der Waals surface area (Å²) in [6, 6.07) is 0. The predicted octanol–water partition coefficient (Wildman–Crippen LogP) is 1.98. The molecule has 0 atom stereocenters. The summed E-state index contributed by atoms with van der Waals surface area (Å²) in [6.45, 7) is 0. The lowest BCUT2D eigenvalue weighted by molar-refractivity contribution is 0.0690. The summed E-state index contributed by atoms with van der Waals surface area (Å²) in [5, 5.41) is 8.89. The Morgan fingerprint density at radius 3 is 2.85 bits per heavy atom. The minimum absolute atomic E-state index is 0.400. The van der Waals surface area contributed by atoms with Crippen LogP contribution in [0.5, 0.6) is 0 Å². The summed E-state index contributed by atoms with van der Waals surface area (Å²) in [6.07, 6.45) is 7.31. The Bertz CT molecular complexity index is 328. The maximum Gasteiger partial charge on any atom is 0.352 e. The fraction of sp³-hybridized carbons (Fsp3) is 0.500. The Morgan fingerprint density at radius 1 is 1.31 bits per heavy atom. The molecule has 1 aromatic rings. The molecule has 0 aromatic carbocycles. The van der Waals surface area contributed by atoms with Crippen molar-refractivity contribution in [2.24, 2.45) is 0 Å². The second kappa shape index (κ2) is 3.24. The number of carboxylic acids is 1. The number of H-pyrrole nitrogens is 1. The molecule has 0 bridgehead atoms. The Labute approximate surface area is 76.8 Å². The van der Waals surface area contributed by atoms with Crippen molar-refractivity contribution in [1.29, 1.82) is 0 Å². The van der Waals surface area contributed by atoms with E-state index in [-0.39, 0.29) is 0 Å². The van der Waals surface area contributed by atoms with E-state index in [4.69, 9.17) is 5.11 Å². The normalized spacial score (nSPS) is 16.3. The molecule has 0 saturated carbocycles. The molecule has 1 heterocycles. The van der Waals surface area contributed by atoms with Crippen LogP contribution in [0.2, 0.25) is 0 Å². The lowest BCUT2D eigenvalue weighted by Gasteiger charge is -1.98. The SMILES string of the molecule is O=C(O)c1[nH]cc2c1CCCCC2. The van der Waals surface area contributed by atoms with Gasteiger partial charge in [-0.1, -0.05) is 6.42 Å². The van der Waals surface area contributed by atoms with Crippen LogP contribution in [0.4, 0.5) is 0 Å². The molecule has 2 N–H and O–H groups in total. The quantitative estimate of drug-likeness (QED) is 0.648. The van der Waals surface area contributed by atoms with Gasteiger partial charge in [0, 0.05) is 6.20 Å². The van der Waals surface area contributed by atoms with Gasteiger partial charge < -0.3 is 10.1 Å². The Hall–Kier alpha value is -1.25. The minimum Gasteiger partial charge on any atom is -0.477 e. The molecule has 0 spiro atoms. The van der Waals surface area contributed by atoms with Gasteiger partial charge in [-0.15, -0.1) is 0 Å². The van der Waals surface area contributed by atoms with Crippen LogP contribution in [-0.2, 0) is 12.8 Å². The zero-order valence-electron chi connectivity index (χ0n) is 7.47. The third kappa shape index (κ3) is 1.46. The van der Waals surface area contributed by atoms with Crippen molar-refractivity contribution < 1.29 is 9.90 Å². The van der Waals surface area contributed by atoms with Gasteiger partial charge in [-0.25, -0.2) is 4.79 Å². The molecule has 0 fully saturated rings. The van der Waals surface area contributed by atoms with Crippen LogP contribution in [0, 0.1) is 0 Å². The first-order valence-electron chi connectivity index (χ1n) is 4.71. The summed E-state index contributed by atoms with van der Waals surface area (Å²) in [4.78, 5) is 13.7. The van der Waals surface area contributed by atoms with Crippen LogP contribution in [0.15, 0.2) is 6.20 Å². The van der Waals surface area contributed by atoms with E-state index < -0.39 is 5.97 Å². The molecule has 1 aliphatic rings. The first-order valence-corrected chi connectivity index (χ1v) is 4.71. The lowest BCUT2D eigenvalue weighted by atomic mass is 10.1. The van der Waals surface area contributed by atoms with Gasteiger partial charge in [0.2, 0.25) is 0 Å². The van der Waals surface area contributed by atoms with E-state index in [0.717, 1.165) is 24.8 Å². The van der Waals surface area contributed by atoms with Crippen molar-refractivity contribution in [3.05, 3.63) is 23.0 Å². The van der Waals surface area contributed by atoms with Crippen molar-refractivity contribution in [2.75, 3.05) is 0 Å². The van der Waals surface area contributed by atoms with Crippen LogP contribution < -0.4 is 0 Å². The lowest BCUT2D eigenvalue weighted by Crippen LogP contribution is -2.01. The number of carboxylic acid groups (broad SMARTS) is 1. The van der Waals surface area contributed by atoms with E-state index >= 15 is 0 Å². The minimum atomic E-state index is -0.830. The van der Waals surface area contributed by atoms with Crippen LogP contribution in [0.3, 0.4) is 0 Å². The van der Waals surface area contributed by atoms with Gasteiger partial charge in [0.05, 0.1) is 0 Å². The van der Waals surface area contributed by atoms with Crippen molar-refractivity contribution in [3.8, 4) is 0 Å². The van der Waals surface area contributed by atoms with E-state index in [2.05, 4.69) is 4.98 Å². The summed E-state index contributed by atoms with van der Waals surface area (Å²) in [5.74, 6) is -0.830. The molecular formula is C10H13NO2. The smallest absolute Gasteiger partial charge is 0.352 e. The molecule has 1 aromatic heterocycles. The van der Waals surface area contributed by atoms with Gasteiger partial charge in [0.1, 0.15) is 5.69 Å². The second-order valence-corrected chi connectivity index (χ2v) is 3.53. The molecule has 3 nitrogen and oxygen atoms in total. The molecule has 70 valence electrons. The number of nitrogens with one attached hydrogen (secondary N) is 1. The number of aryl methyl sites for hydroxylation is 1. The fourth-order valence-corrected chi connectivity index (χ4v) is 1.99. The highest BCUT2D eigenvalue weighted by atomic mass is 16.4. The number of aromatic nitrogens is 1. The van der Waals surface area contributed by atoms with Gasteiger partial charge in [-0.2, -0.15) is 0 Å². The fourth-order valence-electron chi connectivity index (χ4n) is 1.99. The number of rotatable bonds is 1. The summed E-state index contributed by atoms with van der Waals surface area (Å²) in [5.41, 5.74) is 2.64. The van der Waals surface area contributed by atoms with Gasteiger partial charge in [-0.05, 0) is 36.8 Å². The zero-order chi connectivity index (χ0) is 9.26. The molecule has 0 radical (unpaired) electrons. The molecular weight excluding hydrogens is 166 g/mol. The standard InChI is InChI=1S/C10H13NO2/c12-10(13)9-8-5-3-1-2-4-7(8)6-11-9/h6,11H,1-5H2,(H,12,13). The third-order valence-corrected chi connectivity index (χ3v) is 2.67. The van der Waals surface area contributed by atoms with Gasteiger partial charge in [0.15, 0.2) is 0 Å². The average Bonchev–Trinajstić information content (AvgIpc) is 2.36. The monoisotopic (exact) mass is 179 g/mol. The molecule has 0 aliphatic heterocycles. The summed E-state index contributed by atoms with van der Waals surface area (Å²) >= 11 is 0. The van der Waals surface area contributed by atoms with Crippen molar-refractivity contribution >= 4 is 5.97 Å². The maximum absolute atomic E-state index is 10.8. The molecule has 0 unspecified atom stereocenters. The first-order chi connectivity index (χ1) is 6.29. The number of aromatic carboxylic acids is 1. The highest BCUT2D eigenvalue weighted by Gasteiger charge is 2.17. The third-order valence-electron chi connectivity index (χ3n) is 2.67.